The summed E-state index contributed by atoms with van der Waals surface area (Å²) in [5, 5.41) is 27.0. The van der Waals surface area contributed by atoms with Crippen molar-refractivity contribution in [2.75, 3.05) is 18.0 Å². The average Bonchev–Trinajstić information content (AvgIpc) is 3.46. The number of nitriles is 1. The smallest absolute Gasteiger partial charge is 0.452 e. The molecule has 0 radical (unpaired) electrons. The molecule has 0 saturated carbocycles. The zero-order chi connectivity index (χ0) is 34.8. The second-order valence-corrected chi connectivity index (χ2v) is 14.8. The Kier molecular flexibility index (Phi) is 8.19. The monoisotopic (exact) mass is 682 g/mol. The van der Waals surface area contributed by atoms with Crippen molar-refractivity contribution in [3.8, 4) is 6.07 Å². The highest BCUT2D eigenvalue weighted by Crippen LogP contribution is 2.44. The summed E-state index contributed by atoms with van der Waals surface area (Å²) in [7, 11) is -4.15. The lowest BCUT2D eigenvalue weighted by Gasteiger charge is -2.36. The number of aromatic nitrogens is 5. The van der Waals surface area contributed by atoms with Crippen molar-refractivity contribution >= 4 is 27.5 Å². The fourth-order valence-corrected chi connectivity index (χ4v) is 8.44. The first-order valence-corrected chi connectivity index (χ1v) is 16.8. The molecule has 4 aromatic rings. The van der Waals surface area contributed by atoms with Crippen LogP contribution in [0.3, 0.4) is 0 Å². The van der Waals surface area contributed by atoms with E-state index in [1.54, 1.807) is 19.9 Å². The topological polar surface area (TPSA) is 158 Å². The van der Waals surface area contributed by atoms with E-state index in [0.717, 1.165) is 23.7 Å². The number of aryl methyl sites for hydroxylation is 2. The summed E-state index contributed by atoms with van der Waals surface area (Å²) in [4.78, 5) is 23.6. The molecule has 48 heavy (non-hydrogen) atoms. The molecular weight excluding hydrogens is 649 g/mol. The lowest BCUT2D eigenvalue weighted by molar-refractivity contribution is -0.147. The summed E-state index contributed by atoms with van der Waals surface area (Å²) in [6.45, 7) is 7.02. The number of piperidine rings is 1. The van der Waals surface area contributed by atoms with Gasteiger partial charge in [-0.15, -0.1) is 10.2 Å². The minimum Gasteiger partial charge on any atom is -0.481 e. The molecule has 1 unspecified atom stereocenters. The highest BCUT2D eigenvalue weighted by molar-refractivity contribution is 7.89. The molecule has 0 aromatic carbocycles. The predicted molar refractivity (Wildman–Crippen MR) is 166 cm³/mol. The fourth-order valence-electron chi connectivity index (χ4n) is 6.81. The van der Waals surface area contributed by atoms with Gasteiger partial charge in [0.25, 0.3) is 0 Å². The van der Waals surface area contributed by atoms with Crippen molar-refractivity contribution in [3.05, 3.63) is 76.1 Å². The number of fused-ring (bicyclic) bond motifs is 4. The molecule has 2 atom stereocenters. The van der Waals surface area contributed by atoms with Gasteiger partial charge >= 0.3 is 12.1 Å². The van der Waals surface area contributed by atoms with Crippen LogP contribution in [0.15, 0.2) is 41.7 Å². The van der Waals surface area contributed by atoms with Crippen LogP contribution in [0.4, 0.5) is 19.0 Å². The molecule has 0 amide bonds. The van der Waals surface area contributed by atoms with Crippen LogP contribution in [-0.2, 0) is 27.5 Å². The minimum absolute atomic E-state index is 0.0481. The van der Waals surface area contributed by atoms with Gasteiger partial charge in [0, 0.05) is 55.9 Å². The molecule has 0 aliphatic carbocycles. The van der Waals surface area contributed by atoms with Gasteiger partial charge in [-0.25, -0.2) is 13.4 Å². The highest BCUT2D eigenvalue weighted by atomic mass is 32.2. The summed E-state index contributed by atoms with van der Waals surface area (Å²) in [5.41, 5.74) is 0.777. The Balaban J connectivity index is 1.46. The van der Waals surface area contributed by atoms with Gasteiger partial charge in [-0.2, -0.15) is 22.7 Å². The van der Waals surface area contributed by atoms with Crippen LogP contribution < -0.4 is 4.90 Å². The van der Waals surface area contributed by atoms with Crippen molar-refractivity contribution in [1.82, 2.24) is 28.9 Å². The first-order chi connectivity index (χ1) is 22.5. The van der Waals surface area contributed by atoms with Gasteiger partial charge in [-0.05, 0) is 81.3 Å². The van der Waals surface area contributed by atoms with Crippen molar-refractivity contribution in [2.24, 2.45) is 5.41 Å². The van der Waals surface area contributed by atoms with Gasteiger partial charge < -0.3 is 10.0 Å². The molecular formula is C32H33F3N8O4S. The number of hydrogen-bond donors (Lipinski definition) is 1. The molecule has 1 fully saturated rings. The molecule has 1 N–H and O–H groups in total. The Morgan fingerprint density at radius 3 is 2.58 bits per heavy atom. The molecule has 4 aromatic heterocycles. The van der Waals surface area contributed by atoms with Gasteiger partial charge in [0.15, 0.2) is 5.65 Å². The number of carbonyl (C=O) groups is 1. The molecule has 252 valence electrons. The Hall–Kier alpha value is -4.62. The van der Waals surface area contributed by atoms with Crippen LogP contribution in [0.5, 0.6) is 0 Å². The predicted octanol–water partition coefficient (Wildman–Crippen LogP) is 4.83. The second kappa shape index (κ2) is 11.8. The van der Waals surface area contributed by atoms with E-state index in [1.165, 1.54) is 48.9 Å². The number of aliphatic carboxylic acids is 1. The molecule has 2 aliphatic heterocycles. The van der Waals surface area contributed by atoms with Crippen LogP contribution in [0.25, 0.3) is 5.65 Å². The molecule has 0 spiro atoms. The number of rotatable bonds is 6. The summed E-state index contributed by atoms with van der Waals surface area (Å²) < 4.78 is 71.4. The van der Waals surface area contributed by atoms with E-state index in [-0.39, 0.29) is 35.2 Å². The number of nitrogens with zero attached hydrogens (tertiary/aromatic N) is 8. The van der Waals surface area contributed by atoms with Gasteiger partial charge in [-0.3, -0.25) is 14.2 Å². The third-order valence-corrected chi connectivity index (χ3v) is 11.3. The molecule has 6 rings (SSSR count). The van der Waals surface area contributed by atoms with E-state index in [0.29, 0.717) is 40.3 Å². The first kappa shape index (κ1) is 33.3. The third-order valence-electron chi connectivity index (χ3n) is 9.49. The van der Waals surface area contributed by atoms with Gasteiger partial charge in [0.2, 0.25) is 15.8 Å². The Labute approximate surface area is 274 Å². The number of hydrogen-bond acceptors (Lipinski definition) is 9. The highest BCUT2D eigenvalue weighted by Gasteiger charge is 2.43. The molecule has 6 heterocycles. The van der Waals surface area contributed by atoms with E-state index in [1.807, 2.05) is 11.0 Å². The van der Waals surface area contributed by atoms with Crippen LogP contribution in [-0.4, -0.2) is 67.5 Å². The molecule has 16 heteroatoms. The zero-order valence-electron chi connectivity index (χ0n) is 26.7. The summed E-state index contributed by atoms with van der Waals surface area (Å²) >= 11 is 0. The number of sulfonamides is 1. The number of pyridine rings is 3. The zero-order valence-corrected chi connectivity index (χ0v) is 27.5. The minimum atomic E-state index is -4.75. The molecule has 0 bridgehead atoms. The van der Waals surface area contributed by atoms with Gasteiger partial charge in [0.05, 0.1) is 11.0 Å². The number of carboxylic acids is 1. The maximum absolute atomic E-state index is 14.2. The molecule has 2 aliphatic rings. The Bertz CT molecular complexity index is 2090. The van der Waals surface area contributed by atoms with E-state index >= 15 is 0 Å². The fraction of sp³-hybridized carbons (Fsp3) is 0.438. The maximum atomic E-state index is 14.2. The number of anilines is 1. The van der Waals surface area contributed by atoms with Gasteiger partial charge in [0.1, 0.15) is 16.8 Å². The number of carboxylic acid groups (broad SMARTS) is 1. The normalized spacial score (nSPS) is 18.9. The summed E-state index contributed by atoms with van der Waals surface area (Å²) in [6, 6.07) is 6.33. The molecule has 1 saturated heterocycles. The molecule has 12 nitrogen and oxygen atoms in total. The standard InChI is InChI=1S/C32H33F3N8O4S/c1-18-24(8-10-43-27(18)39-40-29(43)32(33,34)35)26(31(3,4)30(44)45)21-12-22(19(2)37-15-21)16-41-17-23-7-5-6-9-42(23)28-25(48(41,46)47)11-20(13-36)14-38-28/h8,10-12,14-15,23,26H,5-7,9,16-17H2,1-4H3,(H,44,45)/t23-,26?/m0/s1. The quantitative estimate of drug-likeness (QED) is 0.299. The van der Waals surface area contributed by atoms with E-state index in [2.05, 4.69) is 20.2 Å². The largest absolute Gasteiger partial charge is 0.481 e. The summed E-state index contributed by atoms with van der Waals surface area (Å²) in [5.74, 6) is -2.96. The number of halogens is 3. The SMILES string of the molecule is Cc1ncc(C(c2ccn3c(C(F)(F)F)nnc3c2C)C(C)(C)C(=O)O)cc1CN1C[C@@H]2CCCCN2c2ncc(C#N)cc2S1(=O)=O. The van der Waals surface area contributed by atoms with Crippen molar-refractivity contribution in [1.29, 1.82) is 5.26 Å². The lowest BCUT2D eigenvalue weighted by atomic mass is 9.70. The first-order valence-electron chi connectivity index (χ1n) is 15.3. The average molecular weight is 683 g/mol. The van der Waals surface area contributed by atoms with Crippen LogP contribution in [0.2, 0.25) is 0 Å². The van der Waals surface area contributed by atoms with Crippen LogP contribution in [0, 0.1) is 30.6 Å². The number of alkyl halides is 3. The third kappa shape index (κ3) is 5.54. The van der Waals surface area contributed by atoms with Crippen LogP contribution >= 0.6 is 0 Å². The van der Waals surface area contributed by atoms with Crippen molar-refractivity contribution in [2.45, 2.75) is 76.5 Å². The van der Waals surface area contributed by atoms with E-state index in [9.17, 15) is 36.8 Å². The second-order valence-electron chi connectivity index (χ2n) is 12.9. The van der Waals surface area contributed by atoms with Crippen LogP contribution in [0.1, 0.15) is 78.4 Å². The maximum Gasteiger partial charge on any atom is 0.452 e. The Morgan fingerprint density at radius 2 is 1.90 bits per heavy atom. The Morgan fingerprint density at radius 1 is 1.15 bits per heavy atom. The lowest BCUT2D eigenvalue weighted by Crippen LogP contribution is -2.45. The summed E-state index contributed by atoms with van der Waals surface area (Å²) in [6.07, 6.45) is 1.86. The van der Waals surface area contributed by atoms with Crippen molar-refractivity contribution < 1.29 is 31.5 Å². The van der Waals surface area contributed by atoms with Crippen molar-refractivity contribution in [3.63, 3.8) is 0 Å². The van der Waals surface area contributed by atoms with Gasteiger partial charge in [-0.1, -0.05) is 6.07 Å². The van der Waals surface area contributed by atoms with E-state index in [4.69, 9.17) is 0 Å². The van der Waals surface area contributed by atoms with E-state index < -0.39 is 39.3 Å².